The fraction of sp³-hybridized carbons (Fsp3) is 0.923. The van der Waals surface area contributed by atoms with E-state index >= 15 is 0 Å². The molecule has 2 unspecified atom stereocenters. The number of aliphatic hydroxyl groups is 1. The number of aliphatic carboxylic acids is 1. The van der Waals surface area contributed by atoms with Gasteiger partial charge in [0.2, 0.25) is 0 Å². The molecule has 1 rings (SSSR count). The normalized spacial score (nSPS) is 26.0. The fourth-order valence-corrected chi connectivity index (χ4v) is 2.59. The van der Waals surface area contributed by atoms with Crippen LogP contribution in [0, 0.1) is 5.92 Å². The highest BCUT2D eigenvalue weighted by Crippen LogP contribution is 2.25. The Labute approximate surface area is 104 Å². The van der Waals surface area contributed by atoms with E-state index in [-0.39, 0.29) is 12.6 Å². The van der Waals surface area contributed by atoms with E-state index in [1.165, 1.54) is 0 Å². The zero-order valence-electron chi connectivity index (χ0n) is 10.8. The fourth-order valence-electron chi connectivity index (χ4n) is 2.59. The molecule has 4 nitrogen and oxygen atoms in total. The highest BCUT2D eigenvalue weighted by atomic mass is 16.4. The summed E-state index contributed by atoms with van der Waals surface area (Å²) in [5, 5.41) is 17.9. The third-order valence-corrected chi connectivity index (χ3v) is 3.79. The Bertz CT molecular complexity index is 233. The minimum Gasteiger partial charge on any atom is -0.480 e. The lowest BCUT2D eigenvalue weighted by molar-refractivity contribution is -0.145. The van der Waals surface area contributed by atoms with Gasteiger partial charge in [0.05, 0.1) is 0 Å². The quantitative estimate of drug-likeness (QED) is 0.668. The van der Waals surface area contributed by atoms with E-state index in [1.807, 2.05) is 0 Å². The molecule has 0 bridgehead atoms. The molecular formula is C13H25NO3. The second-order valence-corrected chi connectivity index (χ2v) is 4.97. The molecule has 0 aromatic heterocycles. The number of hydrogen-bond donors (Lipinski definition) is 2. The van der Waals surface area contributed by atoms with Gasteiger partial charge in [-0.05, 0) is 51.1 Å². The first-order valence-corrected chi connectivity index (χ1v) is 6.76. The first-order valence-electron chi connectivity index (χ1n) is 6.76. The largest absolute Gasteiger partial charge is 0.480 e. The number of unbranched alkanes of at least 4 members (excludes halogenated alkanes) is 2. The summed E-state index contributed by atoms with van der Waals surface area (Å²) in [5.41, 5.74) is 0. The second kappa shape index (κ2) is 7.67. The highest BCUT2D eigenvalue weighted by Gasteiger charge is 2.31. The molecule has 2 N–H and O–H groups in total. The number of aliphatic hydroxyl groups excluding tert-OH is 1. The lowest BCUT2D eigenvalue weighted by atomic mass is 9.89. The molecule has 2 atom stereocenters. The van der Waals surface area contributed by atoms with Crippen molar-refractivity contribution in [2.24, 2.45) is 5.92 Å². The van der Waals surface area contributed by atoms with Gasteiger partial charge in [0.15, 0.2) is 0 Å². The summed E-state index contributed by atoms with van der Waals surface area (Å²) in [6, 6.07) is -0.289. The molecule has 100 valence electrons. The van der Waals surface area contributed by atoms with Gasteiger partial charge in [0.1, 0.15) is 6.04 Å². The Kier molecular flexibility index (Phi) is 6.52. The molecule has 1 heterocycles. The van der Waals surface area contributed by atoms with Gasteiger partial charge in [-0.25, -0.2) is 0 Å². The average molecular weight is 243 g/mol. The topological polar surface area (TPSA) is 60.8 Å². The molecule has 0 aliphatic carbocycles. The second-order valence-electron chi connectivity index (χ2n) is 4.97. The third-order valence-electron chi connectivity index (χ3n) is 3.79. The van der Waals surface area contributed by atoms with Crippen molar-refractivity contribution in [1.82, 2.24) is 4.90 Å². The molecule has 0 amide bonds. The van der Waals surface area contributed by atoms with Crippen LogP contribution in [0.25, 0.3) is 0 Å². The molecule has 1 fully saturated rings. The minimum absolute atomic E-state index is 0.236. The van der Waals surface area contributed by atoms with E-state index in [2.05, 4.69) is 11.8 Å². The Morgan fingerprint density at radius 3 is 2.71 bits per heavy atom. The summed E-state index contributed by atoms with van der Waals surface area (Å²) < 4.78 is 0. The first-order chi connectivity index (χ1) is 8.19. The summed E-state index contributed by atoms with van der Waals surface area (Å²) in [4.78, 5) is 13.3. The van der Waals surface area contributed by atoms with E-state index in [0.29, 0.717) is 5.92 Å². The Balaban J connectivity index is 2.38. The van der Waals surface area contributed by atoms with Crippen LogP contribution in [0.5, 0.6) is 0 Å². The van der Waals surface area contributed by atoms with Crippen LogP contribution in [-0.2, 0) is 4.79 Å². The van der Waals surface area contributed by atoms with Crippen LogP contribution in [-0.4, -0.2) is 46.8 Å². The number of piperidine rings is 1. The van der Waals surface area contributed by atoms with Crippen molar-refractivity contribution in [3.05, 3.63) is 0 Å². The number of carbonyl (C=O) groups is 1. The molecule has 0 saturated carbocycles. The molecule has 1 saturated heterocycles. The number of carboxylic acids is 1. The molecular weight excluding hydrogens is 218 g/mol. The van der Waals surface area contributed by atoms with Crippen molar-refractivity contribution < 1.29 is 15.0 Å². The smallest absolute Gasteiger partial charge is 0.320 e. The predicted octanol–water partition coefficient (Wildman–Crippen LogP) is 1.72. The Morgan fingerprint density at radius 2 is 2.12 bits per heavy atom. The van der Waals surface area contributed by atoms with Gasteiger partial charge >= 0.3 is 5.97 Å². The summed E-state index contributed by atoms with van der Waals surface area (Å²) in [6.07, 6.45) is 5.80. The maximum atomic E-state index is 11.2. The average Bonchev–Trinajstić information content (AvgIpc) is 2.34. The molecule has 0 radical (unpaired) electrons. The lowest BCUT2D eigenvalue weighted by Gasteiger charge is -2.36. The minimum atomic E-state index is -0.676. The van der Waals surface area contributed by atoms with Gasteiger partial charge in [0, 0.05) is 6.61 Å². The molecule has 0 aromatic rings. The SMILES string of the molecule is CCC1CCN(CCCCCO)C(C(=O)O)C1. The summed E-state index contributed by atoms with van der Waals surface area (Å²) in [7, 11) is 0. The zero-order valence-corrected chi connectivity index (χ0v) is 10.8. The van der Waals surface area contributed by atoms with Crippen molar-refractivity contribution >= 4 is 5.97 Å². The van der Waals surface area contributed by atoms with Crippen LogP contribution in [0.3, 0.4) is 0 Å². The number of nitrogens with zero attached hydrogens (tertiary/aromatic N) is 1. The van der Waals surface area contributed by atoms with Crippen LogP contribution in [0.15, 0.2) is 0 Å². The zero-order chi connectivity index (χ0) is 12.7. The molecule has 1 aliphatic rings. The van der Waals surface area contributed by atoms with Gasteiger partial charge in [0.25, 0.3) is 0 Å². The molecule has 0 aromatic carbocycles. The van der Waals surface area contributed by atoms with Crippen molar-refractivity contribution in [3.8, 4) is 0 Å². The van der Waals surface area contributed by atoms with Crippen LogP contribution in [0.2, 0.25) is 0 Å². The third kappa shape index (κ3) is 4.64. The molecule has 4 heteroatoms. The van der Waals surface area contributed by atoms with Gasteiger partial charge in [-0.1, -0.05) is 13.3 Å². The van der Waals surface area contributed by atoms with E-state index in [4.69, 9.17) is 5.11 Å². The van der Waals surface area contributed by atoms with Crippen molar-refractivity contribution in [2.75, 3.05) is 19.7 Å². The van der Waals surface area contributed by atoms with Gasteiger partial charge in [-0.2, -0.15) is 0 Å². The summed E-state index contributed by atoms with van der Waals surface area (Å²) in [6.45, 7) is 4.14. The number of likely N-dealkylation sites (tertiary alicyclic amines) is 1. The van der Waals surface area contributed by atoms with E-state index < -0.39 is 5.97 Å². The summed E-state index contributed by atoms with van der Waals surface area (Å²) in [5.74, 6) is -0.102. The maximum absolute atomic E-state index is 11.2. The maximum Gasteiger partial charge on any atom is 0.320 e. The lowest BCUT2D eigenvalue weighted by Crippen LogP contribution is -2.47. The monoisotopic (exact) mass is 243 g/mol. The highest BCUT2D eigenvalue weighted by molar-refractivity contribution is 5.73. The number of carboxylic acid groups (broad SMARTS) is 1. The van der Waals surface area contributed by atoms with E-state index in [1.54, 1.807) is 0 Å². The van der Waals surface area contributed by atoms with Crippen LogP contribution in [0.4, 0.5) is 0 Å². The van der Waals surface area contributed by atoms with E-state index in [9.17, 15) is 9.90 Å². The number of rotatable bonds is 7. The van der Waals surface area contributed by atoms with Crippen molar-refractivity contribution in [2.45, 2.75) is 51.5 Å². The van der Waals surface area contributed by atoms with Gasteiger partial charge < -0.3 is 10.2 Å². The molecule has 0 spiro atoms. The van der Waals surface area contributed by atoms with E-state index in [0.717, 1.165) is 51.6 Å². The standard InChI is InChI=1S/C13H25NO3/c1-2-11-6-8-14(7-4-3-5-9-15)12(10-11)13(16)17/h11-12,15H,2-10H2,1H3,(H,16,17). The van der Waals surface area contributed by atoms with Gasteiger partial charge in [-0.3, -0.25) is 9.69 Å². The van der Waals surface area contributed by atoms with Crippen molar-refractivity contribution in [3.63, 3.8) is 0 Å². The van der Waals surface area contributed by atoms with Crippen molar-refractivity contribution in [1.29, 1.82) is 0 Å². The van der Waals surface area contributed by atoms with Crippen LogP contribution in [0.1, 0.15) is 45.4 Å². The van der Waals surface area contributed by atoms with Gasteiger partial charge in [-0.15, -0.1) is 0 Å². The molecule has 1 aliphatic heterocycles. The van der Waals surface area contributed by atoms with Crippen LogP contribution >= 0.6 is 0 Å². The Morgan fingerprint density at radius 1 is 1.35 bits per heavy atom. The summed E-state index contributed by atoms with van der Waals surface area (Å²) >= 11 is 0. The Hall–Kier alpha value is -0.610. The van der Waals surface area contributed by atoms with Crippen LogP contribution < -0.4 is 0 Å². The number of hydrogen-bond acceptors (Lipinski definition) is 3. The predicted molar refractivity (Wildman–Crippen MR) is 66.9 cm³/mol. The first kappa shape index (κ1) is 14.5. The molecule has 17 heavy (non-hydrogen) atoms.